The van der Waals surface area contributed by atoms with Gasteiger partial charge in [-0.2, -0.15) is 0 Å². The van der Waals surface area contributed by atoms with Crippen molar-refractivity contribution >= 4 is 0 Å². The van der Waals surface area contributed by atoms with E-state index in [-0.39, 0.29) is 11.9 Å². The maximum absolute atomic E-state index is 13.7. The van der Waals surface area contributed by atoms with Crippen LogP contribution in [0, 0.1) is 18.2 Å². The third-order valence-corrected chi connectivity index (χ3v) is 3.42. The van der Waals surface area contributed by atoms with Gasteiger partial charge in [-0.15, -0.1) is 0 Å². The minimum absolute atomic E-state index is 0.100. The van der Waals surface area contributed by atoms with Gasteiger partial charge in [-0.05, 0) is 55.3 Å². The molecule has 108 valence electrons. The molecule has 1 unspecified atom stereocenters. The van der Waals surface area contributed by atoms with Crippen LogP contribution in [0.5, 0.6) is 0 Å². The minimum atomic E-state index is -0.100. The van der Waals surface area contributed by atoms with E-state index in [1.165, 1.54) is 0 Å². The maximum Gasteiger partial charge on any atom is 0.126 e. The normalized spacial score (nSPS) is 13.6. The Bertz CT molecular complexity index is 393. The zero-order chi connectivity index (χ0) is 14.5. The molecule has 0 aliphatic rings. The summed E-state index contributed by atoms with van der Waals surface area (Å²) >= 11 is 0. The summed E-state index contributed by atoms with van der Waals surface area (Å²) < 4.78 is 13.7. The molecule has 1 aromatic carbocycles. The van der Waals surface area contributed by atoms with Crippen molar-refractivity contribution in [2.45, 2.75) is 59.9 Å². The zero-order valence-electron chi connectivity index (χ0n) is 13.0. The summed E-state index contributed by atoms with van der Waals surface area (Å²) in [7, 11) is 0. The summed E-state index contributed by atoms with van der Waals surface area (Å²) in [6, 6.07) is 5.87. The number of rotatable bonds is 6. The van der Waals surface area contributed by atoms with Gasteiger partial charge in [0.15, 0.2) is 0 Å². The van der Waals surface area contributed by atoms with Gasteiger partial charge in [0.05, 0.1) is 0 Å². The summed E-state index contributed by atoms with van der Waals surface area (Å²) in [5.74, 6) is -0.100. The number of benzene rings is 1. The van der Waals surface area contributed by atoms with Crippen molar-refractivity contribution in [2.75, 3.05) is 6.54 Å². The second-order valence-electron chi connectivity index (χ2n) is 6.61. The lowest BCUT2D eigenvalue weighted by Gasteiger charge is -2.24. The summed E-state index contributed by atoms with van der Waals surface area (Å²) in [5, 5.41) is 3.54. The smallest absolute Gasteiger partial charge is 0.126 e. The van der Waals surface area contributed by atoms with Gasteiger partial charge in [0, 0.05) is 6.04 Å². The van der Waals surface area contributed by atoms with E-state index in [0.717, 1.165) is 31.4 Å². The molecule has 1 aromatic rings. The molecule has 1 nitrogen and oxygen atoms in total. The van der Waals surface area contributed by atoms with Crippen LogP contribution in [-0.2, 0) is 0 Å². The van der Waals surface area contributed by atoms with Gasteiger partial charge >= 0.3 is 0 Å². The first kappa shape index (κ1) is 16.2. The number of hydrogen-bond donors (Lipinski definition) is 1. The fourth-order valence-electron chi connectivity index (χ4n) is 2.11. The Morgan fingerprint density at radius 3 is 2.47 bits per heavy atom. The molecule has 1 atom stereocenters. The van der Waals surface area contributed by atoms with E-state index in [0.29, 0.717) is 11.0 Å². The van der Waals surface area contributed by atoms with Gasteiger partial charge in [0.2, 0.25) is 0 Å². The maximum atomic E-state index is 13.7. The van der Waals surface area contributed by atoms with Gasteiger partial charge in [-0.1, -0.05) is 39.8 Å². The molecule has 0 saturated carbocycles. The molecule has 2 heteroatoms. The Morgan fingerprint density at radius 1 is 1.26 bits per heavy atom. The monoisotopic (exact) mass is 265 g/mol. The van der Waals surface area contributed by atoms with Crippen LogP contribution in [0.4, 0.5) is 4.39 Å². The highest BCUT2D eigenvalue weighted by Crippen LogP contribution is 2.28. The fraction of sp³-hybridized carbons (Fsp3) is 0.647. The lowest BCUT2D eigenvalue weighted by molar-refractivity contribution is 0.332. The van der Waals surface area contributed by atoms with Crippen molar-refractivity contribution in [3.63, 3.8) is 0 Å². The van der Waals surface area contributed by atoms with Crippen LogP contribution >= 0.6 is 0 Å². The first-order valence-electron chi connectivity index (χ1n) is 7.33. The van der Waals surface area contributed by atoms with Crippen LogP contribution in [0.15, 0.2) is 18.2 Å². The molecule has 0 saturated heterocycles. The molecule has 0 heterocycles. The summed E-state index contributed by atoms with van der Waals surface area (Å²) in [4.78, 5) is 0. The van der Waals surface area contributed by atoms with Gasteiger partial charge in [-0.3, -0.25) is 0 Å². The molecule has 0 amide bonds. The van der Waals surface area contributed by atoms with Crippen LogP contribution in [0.3, 0.4) is 0 Å². The fourth-order valence-corrected chi connectivity index (χ4v) is 2.11. The molecule has 19 heavy (non-hydrogen) atoms. The van der Waals surface area contributed by atoms with E-state index < -0.39 is 0 Å². The number of hydrogen-bond acceptors (Lipinski definition) is 1. The summed E-state index contributed by atoms with van der Waals surface area (Å²) in [5.41, 5.74) is 2.10. The van der Waals surface area contributed by atoms with E-state index in [1.807, 2.05) is 13.0 Å². The van der Waals surface area contributed by atoms with Crippen molar-refractivity contribution < 1.29 is 4.39 Å². The lowest BCUT2D eigenvalue weighted by Crippen LogP contribution is -2.23. The Morgan fingerprint density at radius 2 is 1.95 bits per heavy atom. The molecule has 0 aliphatic carbocycles. The van der Waals surface area contributed by atoms with Gasteiger partial charge in [-0.25, -0.2) is 4.39 Å². The third-order valence-electron chi connectivity index (χ3n) is 3.42. The zero-order valence-corrected chi connectivity index (χ0v) is 13.0. The summed E-state index contributed by atoms with van der Waals surface area (Å²) in [6.45, 7) is 11.7. The second-order valence-corrected chi connectivity index (χ2v) is 6.61. The Labute approximate surface area is 117 Å². The minimum Gasteiger partial charge on any atom is -0.310 e. The second kappa shape index (κ2) is 7.04. The molecule has 0 fully saturated rings. The van der Waals surface area contributed by atoms with Crippen LogP contribution in [0.1, 0.15) is 64.1 Å². The Hall–Kier alpha value is -0.890. The number of aryl methyl sites for hydroxylation is 1. The van der Waals surface area contributed by atoms with Crippen molar-refractivity contribution in [3.8, 4) is 0 Å². The molecular formula is C17H28FN. The highest BCUT2D eigenvalue weighted by Gasteiger charge is 2.17. The van der Waals surface area contributed by atoms with E-state index in [1.54, 1.807) is 6.07 Å². The average Bonchev–Trinajstić information content (AvgIpc) is 2.32. The Kier molecular flexibility index (Phi) is 5.99. The standard InChI is InChI=1S/C17H28FN/c1-6-11-19-16(9-10-17(3,4)5)14-8-7-13(2)15(18)12-14/h7-8,12,16,19H,6,9-11H2,1-5H3. The first-order valence-corrected chi connectivity index (χ1v) is 7.33. The molecule has 0 bridgehead atoms. The number of halogens is 1. The Balaban J connectivity index is 2.79. The van der Waals surface area contributed by atoms with Crippen molar-refractivity contribution in [3.05, 3.63) is 35.1 Å². The highest BCUT2D eigenvalue weighted by molar-refractivity contribution is 5.25. The van der Waals surface area contributed by atoms with Crippen molar-refractivity contribution in [2.24, 2.45) is 5.41 Å². The average molecular weight is 265 g/mol. The third kappa shape index (κ3) is 5.73. The van der Waals surface area contributed by atoms with E-state index in [2.05, 4.69) is 39.1 Å². The van der Waals surface area contributed by atoms with Crippen LogP contribution in [-0.4, -0.2) is 6.54 Å². The van der Waals surface area contributed by atoms with Gasteiger partial charge < -0.3 is 5.32 Å². The topological polar surface area (TPSA) is 12.0 Å². The van der Waals surface area contributed by atoms with E-state index >= 15 is 0 Å². The van der Waals surface area contributed by atoms with Crippen LogP contribution < -0.4 is 5.32 Å². The van der Waals surface area contributed by atoms with E-state index in [4.69, 9.17) is 0 Å². The predicted octanol–water partition coefficient (Wildman–Crippen LogP) is 5.00. The molecule has 0 aromatic heterocycles. The SMILES string of the molecule is CCCNC(CCC(C)(C)C)c1ccc(C)c(F)c1. The van der Waals surface area contributed by atoms with Crippen molar-refractivity contribution in [1.29, 1.82) is 0 Å². The molecule has 0 radical (unpaired) electrons. The molecule has 1 N–H and O–H groups in total. The van der Waals surface area contributed by atoms with Gasteiger partial charge in [0.25, 0.3) is 0 Å². The van der Waals surface area contributed by atoms with Crippen LogP contribution in [0.25, 0.3) is 0 Å². The number of nitrogens with one attached hydrogen (secondary N) is 1. The van der Waals surface area contributed by atoms with Crippen molar-refractivity contribution in [1.82, 2.24) is 5.32 Å². The summed E-state index contributed by atoms with van der Waals surface area (Å²) in [6.07, 6.45) is 3.27. The van der Waals surface area contributed by atoms with Crippen LogP contribution in [0.2, 0.25) is 0 Å². The van der Waals surface area contributed by atoms with Gasteiger partial charge in [0.1, 0.15) is 5.82 Å². The predicted molar refractivity (Wildman–Crippen MR) is 80.9 cm³/mol. The molecule has 0 spiro atoms. The lowest BCUT2D eigenvalue weighted by atomic mass is 9.87. The molecule has 1 rings (SSSR count). The molecular weight excluding hydrogens is 237 g/mol. The quantitative estimate of drug-likeness (QED) is 0.763. The highest BCUT2D eigenvalue weighted by atomic mass is 19.1. The van der Waals surface area contributed by atoms with E-state index in [9.17, 15) is 4.39 Å². The largest absolute Gasteiger partial charge is 0.310 e. The first-order chi connectivity index (χ1) is 8.83. The molecule has 0 aliphatic heterocycles.